The van der Waals surface area contributed by atoms with E-state index in [1.807, 2.05) is 0 Å². The van der Waals surface area contributed by atoms with Crippen LogP contribution in [-0.2, 0) is 6.42 Å². The third-order valence-electron chi connectivity index (χ3n) is 2.44. The minimum absolute atomic E-state index is 0.463. The summed E-state index contributed by atoms with van der Waals surface area (Å²) < 4.78 is 10.1. The van der Waals surface area contributed by atoms with Crippen molar-refractivity contribution in [1.82, 2.24) is 25.1 Å². The number of nitrogens with zero attached hydrogens (tertiary/aromatic N) is 4. The molecule has 2 N–H and O–H groups in total. The highest BCUT2D eigenvalue weighted by molar-refractivity contribution is 5.33. The maximum atomic E-state index is 5.07. The zero-order valence-electron chi connectivity index (χ0n) is 10.9. The Labute approximate surface area is 110 Å². The Kier molecular flexibility index (Phi) is 4.49. The number of nitrogens with one attached hydrogen (secondary N) is 2. The smallest absolute Gasteiger partial charge is 0.229 e. The maximum absolute atomic E-state index is 5.07. The Bertz CT molecular complexity index is 480. The predicted molar refractivity (Wildman–Crippen MR) is 68.3 cm³/mol. The predicted octanol–water partition coefficient (Wildman–Crippen LogP) is 0.657. The lowest BCUT2D eigenvalue weighted by Gasteiger charge is -2.07. The lowest BCUT2D eigenvalue weighted by Crippen LogP contribution is -2.08. The molecule has 2 heterocycles. The Morgan fingerprint density at radius 3 is 2.53 bits per heavy atom. The normalized spacial score (nSPS) is 10.2. The van der Waals surface area contributed by atoms with E-state index >= 15 is 0 Å². The molecule has 0 saturated heterocycles. The zero-order chi connectivity index (χ0) is 13.5. The molecule has 0 fully saturated rings. The number of hydrogen-bond donors (Lipinski definition) is 2. The fourth-order valence-corrected chi connectivity index (χ4v) is 1.50. The van der Waals surface area contributed by atoms with E-state index in [1.165, 1.54) is 6.33 Å². The summed E-state index contributed by atoms with van der Waals surface area (Å²) in [6, 6.07) is 1.62. The molecule has 19 heavy (non-hydrogen) atoms. The van der Waals surface area contributed by atoms with Gasteiger partial charge in [0.1, 0.15) is 12.2 Å². The van der Waals surface area contributed by atoms with Crippen LogP contribution in [0.25, 0.3) is 0 Å². The highest BCUT2D eigenvalue weighted by atomic mass is 16.5. The standard InChI is InChI=1S/C11H16N6O2/c1-18-9-6-10(19-2)16-11(15-9)12-5-3-4-8-13-7-14-17-8/h6-7H,3-5H2,1-2H3,(H,12,15,16)(H,13,14,17). The van der Waals surface area contributed by atoms with E-state index in [2.05, 4.69) is 30.5 Å². The number of hydrogen-bond acceptors (Lipinski definition) is 7. The molecule has 0 aliphatic carbocycles. The molecular formula is C11H16N6O2. The van der Waals surface area contributed by atoms with Gasteiger partial charge in [-0.2, -0.15) is 15.1 Å². The van der Waals surface area contributed by atoms with Gasteiger partial charge in [0.25, 0.3) is 0 Å². The molecular weight excluding hydrogens is 248 g/mol. The molecule has 102 valence electrons. The van der Waals surface area contributed by atoms with E-state index < -0.39 is 0 Å². The van der Waals surface area contributed by atoms with Gasteiger partial charge in [0.05, 0.1) is 20.3 Å². The van der Waals surface area contributed by atoms with Crippen LogP contribution >= 0.6 is 0 Å². The van der Waals surface area contributed by atoms with Crippen molar-refractivity contribution in [1.29, 1.82) is 0 Å². The lowest BCUT2D eigenvalue weighted by molar-refractivity contribution is 0.373. The van der Waals surface area contributed by atoms with E-state index in [0.29, 0.717) is 17.7 Å². The fraction of sp³-hybridized carbons (Fsp3) is 0.455. The van der Waals surface area contributed by atoms with Crippen LogP contribution in [0.4, 0.5) is 5.95 Å². The van der Waals surface area contributed by atoms with Crippen LogP contribution in [-0.4, -0.2) is 45.9 Å². The molecule has 0 saturated carbocycles. The number of ether oxygens (including phenoxy) is 2. The van der Waals surface area contributed by atoms with Crippen molar-refractivity contribution in [3.05, 3.63) is 18.2 Å². The molecule has 2 rings (SSSR count). The van der Waals surface area contributed by atoms with Crippen LogP contribution in [0.3, 0.4) is 0 Å². The number of rotatable bonds is 7. The molecule has 8 nitrogen and oxygen atoms in total. The molecule has 0 amide bonds. The van der Waals surface area contributed by atoms with Crippen LogP contribution in [0.15, 0.2) is 12.4 Å². The van der Waals surface area contributed by atoms with Crippen molar-refractivity contribution in [3.63, 3.8) is 0 Å². The third kappa shape index (κ3) is 3.80. The molecule has 0 unspecified atom stereocenters. The highest BCUT2D eigenvalue weighted by Crippen LogP contribution is 2.17. The van der Waals surface area contributed by atoms with Gasteiger partial charge in [-0.1, -0.05) is 0 Å². The Morgan fingerprint density at radius 2 is 1.95 bits per heavy atom. The summed E-state index contributed by atoms with van der Waals surface area (Å²) in [5.41, 5.74) is 0. The molecule has 0 bridgehead atoms. The van der Waals surface area contributed by atoms with Crippen molar-refractivity contribution in [2.75, 3.05) is 26.1 Å². The van der Waals surface area contributed by atoms with Crippen molar-refractivity contribution in [2.45, 2.75) is 12.8 Å². The lowest BCUT2D eigenvalue weighted by atomic mass is 10.3. The van der Waals surface area contributed by atoms with Gasteiger partial charge in [-0.3, -0.25) is 5.10 Å². The Hall–Kier alpha value is -2.38. The average Bonchev–Trinajstić information content (AvgIpc) is 2.96. The minimum atomic E-state index is 0.463. The summed E-state index contributed by atoms with van der Waals surface area (Å²) >= 11 is 0. The zero-order valence-corrected chi connectivity index (χ0v) is 10.9. The first-order chi connectivity index (χ1) is 9.31. The first-order valence-corrected chi connectivity index (χ1v) is 5.87. The number of aromatic nitrogens is 5. The van der Waals surface area contributed by atoms with Crippen LogP contribution in [0.1, 0.15) is 12.2 Å². The molecule has 0 aromatic carbocycles. The third-order valence-corrected chi connectivity index (χ3v) is 2.44. The van der Waals surface area contributed by atoms with Crippen molar-refractivity contribution < 1.29 is 9.47 Å². The van der Waals surface area contributed by atoms with Crippen molar-refractivity contribution >= 4 is 5.95 Å². The van der Waals surface area contributed by atoms with Gasteiger partial charge in [-0.25, -0.2) is 4.98 Å². The molecule has 0 atom stereocenters. The monoisotopic (exact) mass is 264 g/mol. The summed E-state index contributed by atoms with van der Waals surface area (Å²) in [5, 5.41) is 9.71. The van der Waals surface area contributed by atoms with Crippen molar-refractivity contribution in [3.8, 4) is 11.8 Å². The summed E-state index contributed by atoms with van der Waals surface area (Å²) in [7, 11) is 3.10. The maximum Gasteiger partial charge on any atom is 0.229 e. The molecule has 2 aromatic heterocycles. The topological polar surface area (TPSA) is 97.8 Å². The second-order valence-corrected chi connectivity index (χ2v) is 3.74. The SMILES string of the molecule is COc1cc(OC)nc(NCCCc2ncn[nH]2)n1. The summed E-state index contributed by atoms with van der Waals surface area (Å²) in [4.78, 5) is 12.4. The molecule has 8 heteroatoms. The van der Waals surface area contributed by atoms with E-state index in [0.717, 1.165) is 25.2 Å². The first kappa shape index (κ1) is 13.1. The van der Waals surface area contributed by atoms with Gasteiger partial charge in [0.2, 0.25) is 17.7 Å². The summed E-state index contributed by atoms with van der Waals surface area (Å²) in [6.07, 6.45) is 3.20. The number of aryl methyl sites for hydroxylation is 1. The van der Waals surface area contributed by atoms with Gasteiger partial charge in [0.15, 0.2) is 0 Å². The van der Waals surface area contributed by atoms with Crippen molar-refractivity contribution in [2.24, 2.45) is 0 Å². The average molecular weight is 264 g/mol. The van der Waals surface area contributed by atoms with Gasteiger partial charge >= 0.3 is 0 Å². The van der Waals surface area contributed by atoms with E-state index in [-0.39, 0.29) is 0 Å². The number of aromatic amines is 1. The molecule has 2 aromatic rings. The largest absolute Gasteiger partial charge is 0.481 e. The molecule has 0 aliphatic rings. The van der Waals surface area contributed by atoms with E-state index in [1.54, 1.807) is 20.3 Å². The van der Waals surface area contributed by atoms with Crippen LogP contribution in [0, 0.1) is 0 Å². The number of H-pyrrole nitrogens is 1. The first-order valence-electron chi connectivity index (χ1n) is 5.87. The molecule has 0 radical (unpaired) electrons. The molecule has 0 aliphatic heterocycles. The fourth-order valence-electron chi connectivity index (χ4n) is 1.50. The minimum Gasteiger partial charge on any atom is -0.481 e. The second-order valence-electron chi connectivity index (χ2n) is 3.74. The van der Waals surface area contributed by atoms with Crippen LogP contribution in [0.5, 0.6) is 11.8 Å². The van der Waals surface area contributed by atoms with Crippen LogP contribution < -0.4 is 14.8 Å². The van der Waals surface area contributed by atoms with Gasteiger partial charge in [-0.15, -0.1) is 0 Å². The Balaban J connectivity index is 1.84. The van der Waals surface area contributed by atoms with Crippen LogP contribution in [0.2, 0.25) is 0 Å². The quantitative estimate of drug-likeness (QED) is 0.709. The van der Waals surface area contributed by atoms with Gasteiger partial charge in [0, 0.05) is 13.0 Å². The summed E-state index contributed by atoms with van der Waals surface area (Å²) in [6.45, 7) is 0.719. The van der Waals surface area contributed by atoms with Gasteiger partial charge in [-0.05, 0) is 6.42 Å². The van der Waals surface area contributed by atoms with E-state index in [9.17, 15) is 0 Å². The van der Waals surface area contributed by atoms with E-state index in [4.69, 9.17) is 9.47 Å². The second kappa shape index (κ2) is 6.53. The highest BCUT2D eigenvalue weighted by Gasteiger charge is 2.04. The number of anilines is 1. The Morgan fingerprint density at radius 1 is 1.21 bits per heavy atom. The summed E-state index contributed by atoms with van der Waals surface area (Å²) in [5.74, 6) is 2.27. The molecule has 0 spiro atoms. The number of methoxy groups -OCH3 is 2. The van der Waals surface area contributed by atoms with Gasteiger partial charge < -0.3 is 14.8 Å².